The number of hydrogen-bond acceptors (Lipinski definition) is 5. The Morgan fingerprint density at radius 3 is 2.67 bits per heavy atom. The molecule has 2 fully saturated rings. The van der Waals surface area contributed by atoms with Crippen LogP contribution in [0, 0.1) is 5.92 Å². The normalized spacial score (nSPS) is 22.9. The third-order valence-corrected chi connectivity index (χ3v) is 5.20. The van der Waals surface area contributed by atoms with Gasteiger partial charge >= 0.3 is 0 Å². The smallest absolute Gasteiger partial charge is 0.226 e. The summed E-state index contributed by atoms with van der Waals surface area (Å²) < 4.78 is 10.9. The maximum Gasteiger partial charge on any atom is 0.226 e. The molecule has 4 rings (SSSR count). The minimum absolute atomic E-state index is 0.329. The number of aromatic nitrogens is 2. The number of rotatable bonds is 5. The Bertz CT molecular complexity index is 629. The molecule has 0 aliphatic carbocycles. The van der Waals surface area contributed by atoms with E-state index < -0.39 is 0 Å². The summed E-state index contributed by atoms with van der Waals surface area (Å²) in [6.45, 7) is 4.90. The van der Waals surface area contributed by atoms with Crippen LogP contribution < -0.4 is 0 Å². The van der Waals surface area contributed by atoms with Crippen LogP contribution in [0.15, 0.2) is 34.9 Å². The average Bonchev–Trinajstić information content (AvgIpc) is 3.29. The Labute approximate surface area is 143 Å². The van der Waals surface area contributed by atoms with Crippen LogP contribution in [0.1, 0.15) is 42.5 Å². The van der Waals surface area contributed by atoms with Gasteiger partial charge in [0.25, 0.3) is 0 Å². The number of nitrogens with zero attached hydrogens (tertiary/aromatic N) is 3. The topological polar surface area (TPSA) is 51.4 Å². The van der Waals surface area contributed by atoms with Gasteiger partial charge in [-0.1, -0.05) is 35.5 Å². The Morgan fingerprint density at radius 2 is 1.92 bits per heavy atom. The van der Waals surface area contributed by atoms with Crippen molar-refractivity contribution in [2.24, 2.45) is 5.92 Å². The minimum Gasteiger partial charge on any atom is -0.381 e. The molecule has 2 aliphatic rings. The summed E-state index contributed by atoms with van der Waals surface area (Å²) >= 11 is 0. The predicted molar refractivity (Wildman–Crippen MR) is 90.6 cm³/mol. The summed E-state index contributed by atoms with van der Waals surface area (Å²) in [5.41, 5.74) is 1.40. The van der Waals surface area contributed by atoms with Gasteiger partial charge in [-0.2, -0.15) is 4.98 Å². The molecule has 0 radical (unpaired) electrons. The zero-order chi connectivity index (χ0) is 16.2. The van der Waals surface area contributed by atoms with Gasteiger partial charge in [0.2, 0.25) is 5.89 Å². The molecule has 3 heterocycles. The van der Waals surface area contributed by atoms with Crippen molar-refractivity contribution < 1.29 is 9.26 Å². The Morgan fingerprint density at radius 1 is 1.08 bits per heavy atom. The summed E-state index contributed by atoms with van der Waals surface area (Å²) in [5, 5.41) is 4.16. The maximum atomic E-state index is 5.47. The van der Waals surface area contributed by atoms with Gasteiger partial charge in [0.05, 0.1) is 6.61 Å². The van der Waals surface area contributed by atoms with Gasteiger partial charge in [0.1, 0.15) is 0 Å². The van der Waals surface area contributed by atoms with E-state index in [0.29, 0.717) is 11.8 Å². The monoisotopic (exact) mass is 327 g/mol. The van der Waals surface area contributed by atoms with Crippen LogP contribution in [0.4, 0.5) is 0 Å². The van der Waals surface area contributed by atoms with Crippen LogP contribution in [0.25, 0.3) is 0 Å². The van der Waals surface area contributed by atoms with E-state index in [9.17, 15) is 0 Å². The van der Waals surface area contributed by atoms with E-state index >= 15 is 0 Å². The molecular formula is C19H25N3O2. The fourth-order valence-electron chi connectivity index (χ4n) is 3.69. The van der Waals surface area contributed by atoms with Crippen molar-refractivity contribution in [2.45, 2.75) is 38.1 Å². The predicted octanol–water partition coefficient (Wildman–Crippen LogP) is 3.03. The molecule has 0 N–H and O–H groups in total. The summed E-state index contributed by atoms with van der Waals surface area (Å²) in [6.07, 6.45) is 4.34. The molecule has 0 spiro atoms. The Hall–Kier alpha value is -1.72. The van der Waals surface area contributed by atoms with Gasteiger partial charge in [0.15, 0.2) is 5.82 Å². The van der Waals surface area contributed by atoms with E-state index in [0.717, 1.165) is 57.4 Å². The van der Waals surface area contributed by atoms with Gasteiger partial charge in [-0.15, -0.1) is 0 Å². The molecule has 0 saturated carbocycles. The Kier molecular flexibility index (Phi) is 4.90. The number of ether oxygens (including phenoxy) is 1. The first-order chi connectivity index (χ1) is 11.9. The highest BCUT2D eigenvalue weighted by atomic mass is 16.5. The lowest BCUT2D eigenvalue weighted by Gasteiger charge is -2.31. The van der Waals surface area contributed by atoms with Crippen LogP contribution in [0.2, 0.25) is 0 Å². The minimum atomic E-state index is 0.329. The van der Waals surface area contributed by atoms with Crippen molar-refractivity contribution in [3.63, 3.8) is 0 Å². The molecule has 0 amide bonds. The van der Waals surface area contributed by atoms with Gasteiger partial charge < -0.3 is 9.26 Å². The van der Waals surface area contributed by atoms with Crippen molar-refractivity contribution >= 4 is 0 Å². The van der Waals surface area contributed by atoms with E-state index in [1.165, 1.54) is 18.4 Å². The quantitative estimate of drug-likeness (QED) is 0.845. The van der Waals surface area contributed by atoms with Crippen molar-refractivity contribution in [1.29, 1.82) is 0 Å². The molecule has 24 heavy (non-hydrogen) atoms. The highest BCUT2D eigenvalue weighted by Gasteiger charge is 2.25. The first-order valence-electron chi connectivity index (χ1n) is 9.03. The molecule has 2 saturated heterocycles. The van der Waals surface area contributed by atoms with Gasteiger partial charge in [-0.3, -0.25) is 4.90 Å². The third kappa shape index (κ3) is 3.84. The standard InChI is InChI=1S/C19H25N3O2/c1-2-4-16(5-3-1)13-22-9-6-15(7-10-22)12-18-20-19(21-24-18)17-8-11-23-14-17/h1-5,15,17H,6-14H2/t17-/m0/s1. The molecule has 1 aromatic carbocycles. The van der Waals surface area contributed by atoms with Crippen molar-refractivity contribution in [3.05, 3.63) is 47.6 Å². The molecule has 0 unspecified atom stereocenters. The molecule has 0 bridgehead atoms. The molecular weight excluding hydrogens is 302 g/mol. The number of benzene rings is 1. The second kappa shape index (κ2) is 7.45. The molecule has 5 heteroatoms. The lowest BCUT2D eigenvalue weighted by molar-refractivity contribution is 0.171. The number of likely N-dealkylation sites (tertiary alicyclic amines) is 1. The summed E-state index contributed by atoms with van der Waals surface area (Å²) in [7, 11) is 0. The van der Waals surface area contributed by atoms with Gasteiger partial charge in [-0.05, 0) is 43.8 Å². The third-order valence-electron chi connectivity index (χ3n) is 5.20. The maximum absolute atomic E-state index is 5.47. The van der Waals surface area contributed by atoms with Crippen LogP contribution in [0.3, 0.4) is 0 Å². The Balaban J connectivity index is 1.26. The zero-order valence-corrected chi connectivity index (χ0v) is 14.1. The second-order valence-electron chi connectivity index (χ2n) is 7.02. The average molecular weight is 327 g/mol. The summed E-state index contributed by atoms with van der Waals surface area (Å²) in [4.78, 5) is 7.14. The molecule has 128 valence electrons. The van der Waals surface area contributed by atoms with Gasteiger partial charge in [0, 0.05) is 25.5 Å². The van der Waals surface area contributed by atoms with Crippen LogP contribution >= 0.6 is 0 Å². The zero-order valence-electron chi connectivity index (χ0n) is 14.1. The SMILES string of the molecule is c1ccc(CN2CCC(Cc3nc([C@H]4CCOC4)no3)CC2)cc1. The second-order valence-corrected chi connectivity index (χ2v) is 7.02. The van der Waals surface area contributed by atoms with E-state index in [-0.39, 0.29) is 0 Å². The van der Waals surface area contributed by atoms with Crippen molar-refractivity contribution in [3.8, 4) is 0 Å². The van der Waals surface area contributed by atoms with Crippen LogP contribution in [0.5, 0.6) is 0 Å². The van der Waals surface area contributed by atoms with E-state index in [4.69, 9.17) is 9.26 Å². The molecule has 1 aromatic heterocycles. The summed E-state index contributed by atoms with van der Waals surface area (Å²) in [6, 6.07) is 10.7. The molecule has 1 atom stereocenters. The fourth-order valence-corrected chi connectivity index (χ4v) is 3.69. The number of piperidine rings is 1. The van der Waals surface area contributed by atoms with Crippen LogP contribution in [-0.2, 0) is 17.7 Å². The first kappa shape index (κ1) is 15.8. The lowest BCUT2D eigenvalue weighted by Crippen LogP contribution is -2.33. The summed E-state index contributed by atoms with van der Waals surface area (Å²) in [5.74, 6) is 2.63. The van der Waals surface area contributed by atoms with Crippen LogP contribution in [-0.4, -0.2) is 41.3 Å². The van der Waals surface area contributed by atoms with E-state index in [2.05, 4.69) is 45.4 Å². The lowest BCUT2D eigenvalue weighted by atomic mass is 9.93. The molecule has 2 aromatic rings. The van der Waals surface area contributed by atoms with E-state index in [1.54, 1.807) is 0 Å². The highest BCUT2D eigenvalue weighted by molar-refractivity contribution is 5.14. The fraction of sp³-hybridized carbons (Fsp3) is 0.579. The highest BCUT2D eigenvalue weighted by Crippen LogP contribution is 2.25. The molecule has 2 aliphatic heterocycles. The largest absolute Gasteiger partial charge is 0.381 e. The first-order valence-corrected chi connectivity index (χ1v) is 9.03. The van der Waals surface area contributed by atoms with Gasteiger partial charge in [-0.25, -0.2) is 0 Å². The van der Waals surface area contributed by atoms with E-state index in [1.807, 2.05) is 0 Å². The molecule has 5 nitrogen and oxygen atoms in total. The van der Waals surface area contributed by atoms with Crippen molar-refractivity contribution in [1.82, 2.24) is 15.0 Å². The number of hydrogen-bond donors (Lipinski definition) is 0. The van der Waals surface area contributed by atoms with Crippen molar-refractivity contribution in [2.75, 3.05) is 26.3 Å².